The summed E-state index contributed by atoms with van der Waals surface area (Å²) in [5, 5.41) is 0. The van der Waals surface area contributed by atoms with Crippen LogP contribution in [0, 0.1) is 11.8 Å². The van der Waals surface area contributed by atoms with Crippen LogP contribution >= 0.6 is 0 Å². The van der Waals surface area contributed by atoms with Gasteiger partial charge in [-0.1, -0.05) is 6.92 Å². The highest BCUT2D eigenvalue weighted by molar-refractivity contribution is 6.03. The molecule has 1 saturated heterocycles. The van der Waals surface area contributed by atoms with Crippen molar-refractivity contribution in [1.29, 1.82) is 0 Å². The van der Waals surface area contributed by atoms with Crippen molar-refractivity contribution in [1.82, 2.24) is 4.90 Å². The number of primary amides is 1. The van der Waals surface area contributed by atoms with Crippen LogP contribution < -0.4 is 5.73 Å². The molecule has 6 heteroatoms. The highest BCUT2D eigenvalue weighted by Crippen LogP contribution is 2.18. The molecular formula is C9H14N2O4. The third-order valence-corrected chi connectivity index (χ3v) is 2.50. The van der Waals surface area contributed by atoms with E-state index in [2.05, 4.69) is 4.74 Å². The number of hydrogen-bond acceptors (Lipinski definition) is 4. The minimum atomic E-state index is -0.909. The van der Waals surface area contributed by atoms with Crippen molar-refractivity contribution >= 4 is 17.8 Å². The SMILES string of the molecule is COC(=O)N1CC(C)C(=O)C(C(N)=O)C1. The predicted molar refractivity (Wildman–Crippen MR) is 50.8 cm³/mol. The van der Waals surface area contributed by atoms with Crippen molar-refractivity contribution in [3.8, 4) is 0 Å². The van der Waals surface area contributed by atoms with E-state index in [4.69, 9.17) is 5.73 Å². The van der Waals surface area contributed by atoms with Crippen molar-refractivity contribution in [3.63, 3.8) is 0 Å². The molecule has 0 bridgehead atoms. The zero-order chi connectivity index (χ0) is 11.6. The Balaban J connectivity index is 2.79. The Hall–Kier alpha value is -1.59. The summed E-state index contributed by atoms with van der Waals surface area (Å²) in [4.78, 5) is 35.1. The van der Waals surface area contributed by atoms with Gasteiger partial charge in [0.2, 0.25) is 5.91 Å². The van der Waals surface area contributed by atoms with Crippen LogP contribution in [-0.4, -0.2) is 42.9 Å². The second kappa shape index (κ2) is 4.29. The number of nitrogens with zero attached hydrogens (tertiary/aromatic N) is 1. The molecule has 2 unspecified atom stereocenters. The summed E-state index contributed by atoms with van der Waals surface area (Å²) < 4.78 is 4.52. The van der Waals surface area contributed by atoms with Gasteiger partial charge in [0, 0.05) is 19.0 Å². The monoisotopic (exact) mass is 214 g/mol. The van der Waals surface area contributed by atoms with Gasteiger partial charge in [0.05, 0.1) is 7.11 Å². The van der Waals surface area contributed by atoms with Gasteiger partial charge in [-0.2, -0.15) is 0 Å². The fourth-order valence-corrected chi connectivity index (χ4v) is 1.66. The van der Waals surface area contributed by atoms with Crippen LogP contribution in [0.2, 0.25) is 0 Å². The van der Waals surface area contributed by atoms with Crippen LogP contribution in [0.4, 0.5) is 4.79 Å². The standard InChI is InChI=1S/C9H14N2O4/c1-5-3-11(9(14)15-2)4-6(7(5)12)8(10)13/h5-6H,3-4H2,1-2H3,(H2,10,13). The average Bonchev–Trinajstić information content (AvgIpc) is 2.20. The molecule has 0 aromatic rings. The number of likely N-dealkylation sites (tertiary alicyclic amines) is 1. The number of Topliss-reactive ketones (excluding diaryl/α,β-unsaturated/α-hetero) is 1. The summed E-state index contributed by atoms with van der Waals surface area (Å²) in [6, 6.07) is 0. The Bertz CT molecular complexity index is 302. The van der Waals surface area contributed by atoms with Gasteiger partial charge in [0.25, 0.3) is 0 Å². The zero-order valence-electron chi connectivity index (χ0n) is 8.73. The van der Waals surface area contributed by atoms with E-state index in [0.29, 0.717) is 0 Å². The van der Waals surface area contributed by atoms with Gasteiger partial charge in [-0.05, 0) is 0 Å². The van der Waals surface area contributed by atoms with Gasteiger partial charge in [0.15, 0.2) is 5.78 Å². The molecule has 6 nitrogen and oxygen atoms in total. The van der Waals surface area contributed by atoms with E-state index < -0.39 is 17.9 Å². The highest BCUT2D eigenvalue weighted by Gasteiger charge is 2.38. The summed E-state index contributed by atoms with van der Waals surface area (Å²) in [6.45, 7) is 1.95. The van der Waals surface area contributed by atoms with Gasteiger partial charge < -0.3 is 15.4 Å². The van der Waals surface area contributed by atoms with Gasteiger partial charge in [0.1, 0.15) is 5.92 Å². The molecule has 15 heavy (non-hydrogen) atoms. The first-order valence-corrected chi connectivity index (χ1v) is 4.63. The van der Waals surface area contributed by atoms with E-state index in [1.165, 1.54) is 12.0 Å². The molecule has 0 saturated carbocycles. The lowest BCUT2D eigenvalue weighted by Gasteiger charge is -2.32. The summed E-state index contributed by atoms with van der Waals surface area (Å²) in [7, 11) is 1.25. The third-order valence-electron chi connectivity index (χ3n) is 2.50. The highest BCUT2D eigenvalue weighted by atomic mass is 16.5. The van der Waals surface area contributed by atoms with Crippen molar-refractivity contribution in [2.75, 3.05) is 20.2 Å². The average molecular weight is 214 g/mol. The number of nitrogens with two attached hydrogens (primary N) is 1. The lowest BCUT2D eigenvalue weighted by atomic mass is 9.88. The lowest BCUT2D eigenvalue weighted by Crippen LogP contribution is -2.52. The number of ketones is 1. The fraction of sp³-hybridized carbons (Fsp3) is 0.667. The Labute approximate surface area is 87.4 Å². The molecule has 1 heterocycles. The van der Waals surface area contributed by atoms with Gasteiger partial charge in [-0.15, -0.1) is 0 Å². The molecule has 1 rings (SSSR count). The molecule has 1 aliphatic heterocycles. The molecule has 1 fully saturated rings. The van der Waals surface area contributed by atoms with Gasteiger partial charge in [-0.3, -0.25) is 9.59 Å². The molecule has 2 amide bonds. The maximum Gasteiger partial charge on any atom is 0.409 e. The Morgan fingerprint density at radius 3 is 2.53 bits per heavy atom. The molecule has 0 radical (unpaired) electrons. The summed E-state index contributed by atoms with van der Waals surface area (Å²) in [5.41, 5.74) is 5.09. The number of rotatable bonds is 1. The number of amides is 2. The molecule has 0 aliphatic carbocycles. The van der Waals surface area contributed by atoms with Gasteiger partial charge in [-0.25, -0.2) is 4.79 Å². The van der Waals surface area contributed by atoms with E-state index in [0.717, 1.165) is 0 Å². The van der Waals surface area contributed by atoms with E-state index in [9.17, 15) is 14.4 Å². The molecule has 2 N–H and O–H groups in total. The Morgan fingerprint density at radius 1 is 1.47 bits per heavy atom. The molecular weight excluding hydrogens is 200 g/mol. The molecule has 0 aromatic heterocycles. The number of ether oxygens (including phenoxy) is 1. The molecule has 84 valence electrons. The number of carbonyl (C=O) groups excluding carboxylic acids is 3. The van der Waals surface area contributed by atoms with Crippen molar-refractivity contribution in [2.24, 2.45) is 17.6 Å². The normalized spacial score (nSPS) is 26.3. The second-order valence-corrected chi connectivity index (χ2v) is 3.63. The van der Waals surface area contributed by atoms with Crippen LogP contribution in [0.3, 0.4) is 0 Å². The summed E-state index contributed by atoms with van der Waals surface area (Å²) in [6.07, 6.45) is -0.541. The maximum absolute atomic E-state index is 11.5. The van der Waals surface area contributed by atoms with E-state index >= 15 is 0 Å². The third kappa shape index (κ3) is 2.26. The van der Waals surface area contributed by atoms with Crippen LogP contribution in [0.5, 0.6) is 0 Å². The summed E-state index contributed by atoms with van der Waals surface area (Å²) >= 11 is 0. The molecule has 2 atom stereocenters. The minimum absolute atomic E-state index is 0.0190. The maximum atomic E-state index is 11.5. The Morgan fingerprint density at radius 2 is 2.07 bits per heavy atom. The number of carbonyl (C=O) groups is 3. The van der Waals surface area contributed by atoms with Crippen LogP contribution in [-0.2, 0) is 14.3 Å². The number of hydrogen-bond donors (Lipinski definition) is 1. The first-order chi connectivity index (χ1) is 6.97. The minimum Gasteiger partial charge on any atom is -0.453 e. The van der Waals surface area contributed by atoms with E-state index in [1.54, 1.807) is 6.92 Å². The smallest absolute Gasteiger partial charge is 0.409 e. The van der Waals surface area contributed by atoms with E-state index in [1.807, 2.05) is 0 Å². The van der Waals surface area contributed by atoms with Crippen molar-refractivity contribution in [2.45, 2.75) is 6.92 Å². The predicted octanol–water partition coefficient (Wildman–Crippen LogP) is -0.625. The van der Waals surface area contributed by atoms with Crippen LogP contribution in [0.15, 0.2) is 0 Å². The topological polar surface area (TPSA) is 89.7 Å². The summed E-state index contributed by atoms with van der Waals surface area (Å²) in [5.74, 6) is -2.19. The lowest BCUT2D eigenvalue weighted by molar-refractivity contribution is -0.137. The number of piperidine rings is 1. The molecule has 1 aliphatic rings. The van der Waals surface area contributed by atoms with Crippen LogP contribution in [0.25, 0.3) is 0 Å². The van der Waals surface area contributed by atoms with Gasteiger partial charge >= 0.3 is 6.09 Å². The first-order valence-electron chi connectivity index (χ1n) is 4.63. The van der Waals surface area contributed by atoms with Crippen molar-refractivity contribution in [3.05, 3.63) is 0 Å². The molecule has 0 spiro atoms. The van der Waals surface area contributed by atoms with Crippen LogP contribution in [0.1, 0.15) is 6.92 Å². The quantitative estimate of drug-likeness (QED) is 0.589. The van der Waals surface area contributed by atoms with Crippen molar-refractivity contribution < 1.29 is 19.1 Å². The number of methoxy groups -OCH3 is 1. The molecule has 0 aromatic carbocycles. The van der Waals surface area contributed by atoms with E-state index in [-0.39, 0.29) is 24.8 Å². The Kier molecular flexibility index (Phi) is 3.28. The fourth-order valence-electron chi connectivity index (χ4n) is 1.66. The zero-order valence-corrected chi connectivity index (χ0v) is 8.73. The first kappa shape index (κ1) is 11.5. The second-order valence-electron chi connectivity index (χ2n) is 3.63. The largest absolute Gasteiger partial charge is 0.453 e.